The topological polar surface area (TPSA) is 78.5 Å². The maximum atomic E-state index is 12.1. The Morgan fingerprint density at radius 2 is 1.38 bits per heavy atom. The Balaban J connectivity index is 1.84. The molecular weight excluding hydrogens is 330 g/mol. The molecule has 136 valence electrons. The second kappa shape index (κ2) is 8.80. The minimum absolute atomic E-state index is 0.0444. The van der Waals surface area contributed by atoms with Gasteiger partial charge in [-0.15, -0.1) is 0 Å². The number of anilines is 2. The normalized spacial score (nSPS) is 10.1. The molecule has 0 aliphatic carbocycles. The third-order valence-corrected chi connectivity index (χ3v) is 3.74. The molecule has 2 rings (SSSR count). The van der Waals surface area contributed by atoms with Crippen LogP contribution in [-0.2, 0) is 16.0 Å². The molecular formula is C20H23N3O3. The van der Waals surface area contributed by atoms with Gasteiger partial charge in [0.25, 0.3) is 5.91 Å². The number of carbonyl (C=O) groups is 3. The molecule has 0 aromatic heterocycles. The fraction of sp³-hybridized carbons (Fsp3) is 0.250. The molecule has 0 saturated carbocycles. The van der Waals surface area contributed by atoms with E-state index < -0.39 is 0 Å². The predicted octanol–water partition coefficient (Wildman–Crippen LogP) is 2.92. The summed E-state index contributed by atoms with van der Waals surface area (Å²) in [6.07, 6.45) is 0.931. The molecule has 6 nitrogen and oxygen atoms in total. The molecule has 0 aliphatic rings. The van der Waals surface area contributed by atoms with Crippen LogP contribution in [0.5, 0.6) is 0 Å². The number of nitrogens with zero attached hydrogens (tertiary/aromatic N) is 1. The lowest BCUT2D eigenvalue weighted by atomic mass is 10.1. The molecule has 0 aliphatic heterocycles. The molecule has 0 saturated heterocycles. The summed E-state index contributed by atoms with van der Waals surface area (Å²) in [7, 11) is 3.42. The summed E-state index contributed by atoms with van der Waals surface area (Å²) in [5.41, 5.74) is 2.98. The highest BCUT2D eigenvalue weighted by Crippen LogP contribution is 2.14. The van der Waals surface area contributed by atoms with Gasteiger partial charge < -0.3 is 15.5 Å². The summed E-state index contributed by atoms with van der Waals surface area (Å²) in [5, 5.41) is 5.50. The molecule has 0 unspecified atom stereocenters. The summed E-state index contributed by atoms with van der Waals surface area (Å²) >= 11 is 0. The molecule has 26 heavy (non-hydrogen) atoms. The van der Waals surface area contributed by atoms with Gasteiger partial charge in [0.05, 0.1) is 0 Å². The molecule has 0 bridgehead atoms. The van der Waals surface area contributed by atoms with Crippen molar-refractivity contribution in [2.24, 2.45) is 0 Å². The Morgan fingerprint density at radius 3 is 1.88 bits per heavy atom. The first-order valence-electron chi connectivity index (χ1n) is 8.33. The highest BCUT2D eigenvalue weighted by atomic mass is 16.2. The van der Waals surface area contributed by atoms with E-state index in [-0.39, 0.29) is 17.7 Å². The van der Waals surface area contributed by atoms with Gasteiger partial charge in [-0.05, 0) is 48.4 Å². The lowest BCUT2D eigenvalue weighted by Crippen LogP contribution is -2.21. The van der Waals surface area contributed by atoms with E-state index in [0.717, 1.165) is 5.56 Å². The number of carbonyl (C=O) groups excluding carboxylic acids is 3. The zero-order chi connectivity index (χ0) is 19.1. The molecule has 0 atom stereocenters. The van der Waals surface area contributed by atoms with Crippen LogP contribution in [0, 0.1) is 0 Å². The van der Waals surface area contributed by atoms with Crippen molar-refractivity contribution in [1.29, 1.82) is 0 Å². The predicted molar refractivity (Wildman–Crippen MR) is 102 cm³/mol. The Labute approximate surface area is 153 Å². The maximum Gasteiger partial charge on any atom is 0.253 e. The fourth-order valence-electron chi connectivity index (χ4n) is 2.39. The van der Waals surface area contributed by atoms with Gasteiger partial charge in [-0.1, -0.05) is 12.1 Å². The molecule has 0 radical (unpaired) electrons. The van der Waals surface area contributed by atoms with E-state index in [2.05, 4.69) is 10.6 Å². The van der Waals surface area contributed by atoms with Gasteiger partial charge in [-0.25, -0.2) is 0 Å². The van der Waals surface area contributed by atoms with Crippen LogP contribution in [0.25, 0.3) is 0 Å². The van der Waals surface area contributed by atoms with Crippen molar-refractivity contribution in [3.8, 4) is 0 Å². The molecule has 6 heteroatoms. The van der Waals surface area contributed by atoms with Gasteiger partial charge in [0, 0.05) is 44.4 Å². The quantitative estimate of drug-likeness (QED) is 0.838. The van der Waals surface area contributed by atoms with E-state index in [4.69, 9.17) is 0 Å². The Hall–Kier alpha value is -3.15. The van der Waals surface area contributed by atoms with Crippen LogP contribution in [0.1, 0.15) is 29.3 Å². The lowest BCUT2D eigenvalue weighted by molar-refractivity contribution is -0.116. The highest BCUT2D eigenvalue weighted by Gasteiger charge is 2.08. The van der Waals surface area contributed by atoms with Crippen molar-refractivity contribution in [1.82, 2.24) is 4.90 Å². The third-order valence-electron chi connectivity index (χ3n) is 3.74. The standard InChI is InChI=1S/C20H23N3O3/c1-14(24)21-17-9-11-18(12-10-17)22-19(25)13-6-15-4-7-16(8-5-15)20(26)23(2)3/h4-5,7-12H,6,13H2,1-3H3,(H,21,24)(H,22,25). The van der Waals surface area contributed by atoms with Gasteiger partial charge in [0.1, 0.15) is 0 Å². The number of benzene rings is 2. The van der Waals surface area contributed by atoms with Crippen LogP contribution in [0.3, 0.4) is 0 Å². The van der Waals surface area contributed by atoms with Crippen molar-refractivity contribution in [3.63, 3.8) is 0 Å². The van der Waals surface area contributed by atoms with Crippen LogP contribution in [0.15, 0.2) is 48.5 Å². The van der Waals surface area contributed by atoms with E-state index >= 15 is 0 Å². The summed E-state index contributed by atoms with van der Waals surface area (Å²) in [4.78, 5) is 36.4. The Bertz CT molecular complexity index is 781. The Kier molecular flexibility index (Phi) is 6.49. The van der Waals surface area contributed by atoms with E-state index in [9.17, 15) is 14.4 Å². The van der Waals surface area contributed by atoms with Crippen LogP contribution < -0.4 is 10.6 Å². The average molecular weight is 353 g/mol. The number of hydrogen-bond acceptors (Lipinski definition) is 3. The van der Waals surface area contributed by atoms with Crippen LogP contribution >= 0.6 is 0 Å². The first-order valence-corrected chi connectivity index (χ1v) is 8.33. The number of rotatable bonds is 6. The van der Waals surface area contributed by atoms with Crippen LogP contribution in [0.2, 0.25) is 0 Å². The largest absolute Gasteiger partial charge is 0.345 e. The Morgan fingerprint density at radius 1 is 0.846 bits per heavy atom. The summed E-state index contributed by atoms with van der Waals surface area (Å²) in [6, 6.07) is 14.2. The maximum absolute atomic E-state index is 12.1. The molecule has 0 heterocycles. The van der Waals surface area contributed by atoms with E-state index in [1.54, 1.807) is 50.5 Å². The second-order valence-electron chi connectivity index (χ2n) is 6.20. The van der Waals surface area contributed by atoms with Crippen molar-refractivity contribution in [3.05, 3.63) is 59.7 Å². The molecule has 3 amide bonds. The molecule has 0 fully saturated rings. The van der Waals surface area contributed by atoms with Gasteiger partial charge >= 0.3 is 0 Å². The van der Waals surface area contributed by atoms with E-state index in [1.165, 1.54) is 11.8 Å². The van der Waals surface area contributed by atoms with Crippen molar-refractivity contribution < 1.29 is 14.4 Å². The van der Waals surface area contributed by atoms with Gasteiger partial charge in [0.15, 0.2) is 0 Å². The van der Waals surface area contributed by atoms with Crippen LogP contribution in [0.4, 0.5) is 11.4 Å². The fourth-order valence-corrected chi connectivity index (χ4v) is 2.39. The lowest BCUT2D eigenvalue weighted by Gasteiger charge is -2.10. The first kappa shape index (κ1) is 19.2. The minimum atomic E-state index is -0.139. The summed E-state index contributed by atoms with van der Waals surface area (Å²) in [6.45, 7) is 1.44. The van der Waals surface area contributed by atoms with Crippen molar-refractivity contribution in [2.45, 2.75) is 19.8 Å². The third kappa shape index (κ3) is 5.73. The molecule has 2 N–H and O–H groups in total. The smallest absolute Gasteiger partial charge is 0.253 e. The average Bonchev–Trinajstić information content (AvgIpc) is 2.61. The van der Waals surface area contributed by atoms with Crippen molar-refractivity contribution in [2.75, 3.05) is 24.7 Å². The number of nitrogens with one attached hydrogen (secondary N) is 2. The van der Waals surface area contributed by atoms with Crippen LogP contribution in [-0.4, -0.2) is 36.7 Å². The SMILES string of the molecule is CC(=O)Nc1ccc(NC(=O)CCc2ccc(C(=O)N(C)C)cc2)cc1. The van der Waals surface area contributed by atoms with E-state index in [0.29, 0.717) is 29.8 Å². The number of amides is 3. The minimum Gasteiger partial charge on any atom is -0.345 e. The van der Waals surface area contributed by atoms with Gasteiger partial charge in [-0.3, -0.25) is 14.4 Å². The second-order valence-corrected chi connectivity index (χ2v) is 6.20. The van der Waals surface area contributed by atoms with E-state index in [1.807, 2.05) is 12.1 Å². The van der Waals surface area contributed by atoms with Crippen molar-refractivity contribution >= 4 is 29.1 Å². The molecule has 2 aromatic rings. The highest BCUT2D eigenvalue weighted by molar-refractivity contribution is 5.94. The first-order chi connectivity index (χ1) is 12.3. The zero-order valence-electron chi connectivity index (χ0n) is 15.2. The number of hydrogen-bond donors (Lipinski definition) is 2. The summed E-state index contributed by atoms with van der Waals surface area (Å²) < 4.78 is 0. The summed E-state index contributed by atoms with van der Waals surface area (Å²) in [5.74, 6) is -0.275. The van der Waals surface area contributed by atoms with Gasteiger partial charge in [-0.2, -0.15) is 0 Å². The molecule has 0 spiro atoms. The van der Waals surface area contributed by atoms with Gasteiger partial charge in [0.2, 0.25) is 11.8 Å². The molecule has 2 aromatic carbocycles. The monoisotopic (exact) mass is 353 g/mol. The zero-order valence-corrected chi connectivity index (χ0v) is 15.2. The number of aryl methyl sites for hydroxylation is 1.